The van der Waals surface area contributed by atoms with Crippen molar-refractivity contribution in [3.63, 3.8) is 0 Å². The second-order valence-corrected chi connectivity index (χ2v) is 5.81. The lowest BCUT2D eigenvalue weighted by atomic mass is 10.2. The van der Waals surface area contributed by atoms with Crippen molar-refractivity contribution in [3.8, 4) is 0 Å². The van der Waals surface area contributed by atoms with E-state index in [1.165, 1.54) is 26.3 Å². The van der Waals surface area contributed by atoms with E-state index in [4.69, 9.17) is 10.5 Å². The highest BCUT2D eigenvalue weighted by atomic mass is 32.2. The quantitative estimate of drug-likeness (QED) is 0.508. The molecule has 0 aliphatic heterocycles. The smallest absolute Gasteiger partial charge is 0.242 e. The number of nitrogens with one attached hydrogen (secondary N) is 2. The number of nitrogen functional groups attached to an aromatic ring is 1. The summed E-state index contributed by atoms with van der Waals surface area (Å²) in [7, 11) is -0.738. The van der Waals surface area contributed by atoms with Crippen molar-refractivity contribution in [2.75, 3.05) is 38.4 Å². The second kappa shape index (κ2) is 6.71. The number of rotatable bonds is 7. The Balaban J connectivity index is 2.78. The fourth-order valence-electron chi connectivity index (χ4n) is 1.50. The van der Waals surface area contributed by atoms with E-state index in [0.29, 0.717) is 5.69 Å². The first-order valence-electron chi connectivity index (χ1n) is 5.64. The Labute approximate surface area is 112 Å². The van der Waals surface area contributed by atoms with E-state index >= 15 is 0 Å². The number of aliphatic hydroxyl groups is 1. The van der Waals surface area contributed by atoms with Gasteiger partial charge in [0, 0.05) is 19.3 Å². The zero-order valence-corrected chi connectivity index (χ0v) is 11.7. The highest BCUT2D eigenvalue weighted by Gasteiger charge is 2.15. The van der Waals surface area contributed by atoms with E-state index < -0.39 is 16.1 Å². The van der Waals surface area contributed by atoms with E-state index in [1.54, 1.807) is 6.07 Å². The van der Waals surface area contributed by atoms with Crippen molar-refractivity contribution in [1.29, 1.82) is 0 Å². The number of hydrogen-bond acceptors (Lipinski definition) is 6. The number of nitrogens with two attached hydrogens (primary N) is 1. The lowest BCUT2D eigenvalue weighted by molar-refractivity contribution is 0.0727. The molecule has 19 heavy (non-hydrogen) atoms. The first kappa shape index (κ1) is 15.7. The summed E-state index contributed by atoms with van der Waals surface area (Å²) in [5, 5.41) is 12.4. The fraction of sp³-hybridized carbons (Fsp3) is 0.455. The topological polar surface area (TPSA) is 114 Å². The minimum atomic E-state index is -3.56. The third kappa shape index (κ3) is 4.35. The molecule has 0 radical (unpaired) electrons. The second-order valence-electron chi connectivity index (χ2n) is 3.95. The molecule has 1 aromatic rings. The van der Waals surface area contributed by atoms with Gasteiger partial charge in [0.1, 0.15) is 4.90 Å². The molecule has 0 saturated carbocycles. The number of aliphatic hydroxyl groups excluding tert-OH is 1. The van der Waals surface area contributed by atoms with Crippen LogP contribution in [-0.2, 0) is 14.8 Å². The van der Waals surface area contributed by atoms with Crippen LogP contribution in [0.2, 0.25) is 0 Å². The van der Waals surface area contributed by atoms with Gasteiger partial charge in [-0.2, -0.15) is 0 Å². The molecule has 8 heteroatoms. The van der Waals surface area contributed by atoms with Crippen molar-refractivity contribution < 1.29 is 18.3 Å². The Morgan fingerprint density at radius 2 is 2.16 bits per heavy atom. The van der Waals surface area contributed by atoms with Crippen molar-refractivity contribution in [2.24, 2.45) is 0 Å². The minimum Gasteiger partial charge on any atom is -0.398 e. The summed E-state index contributed by atoms with van der Waals surface area (Å²) < 4.78 is 30.2. The van der Waals surface area contributed by atoms with Gasteiger partial charge in [0.25, 0.3) is 0 Å². The Morgan fingerprint density at radius 1 is 1.47 bits per heavy atom. The van der Waals surface area contributed by atoms with Gasteiger partial charge < -0.3 is 20.9 Å². The number of benzene rings is 1. The van der Waals surface area contributed by atoms with Crippen molar-refractivity contribution in [2.45, 2.75) is 11.0 Å². The predicted octanol–water partition coefficient (Wildman–Crippen LogP) is -0.404. The van der Waals surface area contributed by atoms with Crippen LogP contribution in [-0.4, -0.2) is 46.9 Å². The summed E-state index contributed by atoms with van der Waals surface area (Å²) >= 11 is 0. The lowest BCUT2D eigenvalue weighted by Crippen LogP contribution is -2.24. The van der Waals surface area contributed by atoms with E-state index in [9.17, 15) is 13.5 Å². The molecule has 1 aromatic carbocycles. The Morgan fingerprint density at radius 3 is 2.68 bits per heavy atom. The predicted molar refractivity (Wildman–Crippen MR) is 73.5 cm³/mol. The van der Waals surface area contributed by atoms with Crippen molar-refractivity contribution in [1.82, 2.24) is 4.72 Å². The van der Waals surface area contributed by atoms with E-state index in [0.717, 1.165) is 0 Å². The zero-order valence-electron chi connectivity index (χ0n) is 10.9. The summed E-state index contributed by atoms with van der Waals surface area (Å²) in [6.45, 7) is 0.500. The molecule has 0 aromatic heterocycles. The average molecular weight is 289 g/mol. The lowest BCUT2D eigenvalue weighted by Gasteiger charge is -2.13. The van der Waals surface area contributed by atoms with Gasteiger partial charge in [0.2, 0.25) is 10.0 Å². The third-order valence-corrected chi connectivity index (χ3v) is 3.96. The summed E-state index contributed by atoms with van der Waals surface area (Å²) in [5.74, 6) is 0. The van der Waals surface area contributed by atoms with Crippen LogP contribution in [0.5, 0.6) is 0 Å². The van der Waals surface area contributed by atoms with Crippen LogP contribution in [0.4, 0.5) is 11.4 Å². The highest BCUT2D eigenvalue weighted by molar-refractivity contribution is 7.89. The van der Waals surface area contributed by atoms with Crippen LogP contribution >= 0.6 is 0 Å². The van der Waals surface area contributed by atoms with Crippen LogP contribution in [0.3, 0.4) is 0 Å². The molecular formula is C11H19N3O4S. The molecule has 0 spiro atoms. The van der Waals surface area contributed by atoms with Crippen LogP contribution in [0, 0.1) is 0 Å². The van der Waals surface area contributed by atoms with E-state index in [-0.39, 0.29) is 23.7 Å². The molecule has 0 aliphatic carbocycles. The molecule has 0 heterocycles. The summed E-state index contributed by atoms with van der Waals surface area (Å²) in [6.07, 6.45) is -0.646. The monoisotopic (exact) mass is 289 g/mol. The van der Waals surface area contributed by atoms with Gasteiger partial charge in [-0.25, -0.2) is 13.1 Å². The van der Waals surface area contributed by atoms with Crippen molar-refractivity contribution in [3.05, 3.63) is 18.2 Å². The van der Waals surface area contributed by atoms with Crippen LogP contribution in [0.1, 0.15) is 0 Å². The van der Waals surface area contributed by atoms with E-state index in [1.807, 2.05) is 0 Å². The minimum absolute atomic E-state index is 0.0259. The SMILES string of the molecule is CNS(=O)(=O)c1ccc(NCC(O)COC)cc1N. The Hall–Kier alpha value is -1.35. The number of ether oxygens (including phenoxy) is 1. The fourth-order valence-corrected chi connectivity index (χ4v) is 2.34. The molecular weight excluding hydrogens is 270 g/mol. The third-order valence-electron chi connectivity index (χ3n) is 2.47. The van der Waals surface area contributed by atoms with Gasteiger partial charge in [-0.05, 0) is 25.2 Å². The molecule has 1 rings (SSSR count). The van der Waals surface area contributed by atoms with Gasteiger partial charge >= 0.3 is 0 Å². The number of hydrogen-bond donors (Lipinski definition) is 4. The standard InChI is InChI=1S/C11H19N3O4S/c1-13-19(16,17)11-4-3-8(5-10(11)12)14-6-9(15)7-18-2/h3-5,9,13-15H,6-7,12H2,1-2H3. The Bertz CT molecular complexity index is 519. The van der Waals surface area contributed by atoms with Gasteiger partial charge in [0.05, 0.1) is 18.4 Å². The molecule has 7 nitrogen and oxygen atoms in total. The molecule has 0 bridgehead atoms. The van der Waals surface area contributed by atoms with E-state index in [2.05, 4.69) is 10.0 Å². The van der Waals surface area contributed by atoms with Gasteiger partial charge in [-0.3, -0.25) is 0 Å². The molecule has 1 unspecified atom stereocenters. The number of anilines is 2. The number of sulfonamides is 1. The van der Waals surface area contributed by atoms with Gasteiger partial charge in [-0.1, -0.05) is 0 Å². The molecule has 0 saturated heterocycles. The van der Waals surface area contributed by atoms with Crippen LogP contribution in [0.25, 0.3) is 0 Å². The largest absolute Gasteiger partial charge is 0.398 e. The maximum atomic E-state index is 11.6. The first-order valence-corrected chi connectivity index (χ1v) is 7.13. The zero-order chi connectivity index (χ0) is 14.5. The average Bonchev–Trinajstić information content (AvgIpc) is 2.36. The summed E-state index contributed by atoms with van der Waals surface area (Å²) in [4.78, 5) is 0.0259. The van der Waals surface area contributed by atoms with Crippen molar-refractivity contribution >= 4 is 21.4 Å². The van der Waals surface area contributed by atoms with Gasteiger partial charge in [-0.15, -0.1) is 0 Å². The highest BCUT2D eigenvalue weighted by Crippen LogP contribution is 2.22. The molecule has 5 N–H and O–H groups in total. The van der Waals surface area contributed by atoms with Crippen LogP contribution < -0.4 is 15.8 Å². The number of methoxy groups -OCH3 is 1. The summed E-state index contributed by atoms with van der Waals surface area (Å²) in [6, 6.07) is 4.50. The molecule has 0 fully saturated rings. The molecule has 0 amide bonds. The maximum absolute atomic E-state index is 11.6. The first-order chi connectivity index (χ1) is 8.90. The normalized spacial score (nSPS) is 13.2. The molecule has 0 aliphatic rings. The maximum Gasteiger partial charge on any atom is 0.242 e. The van der Waals surface area contributed by atoms with Crippen LogP contribution in [0.15, 0.2) is 23.1 Å². The Kier molecular flexibility index (Phi) is 5.55. The molecule has 108 valence electrons. The van der Waals surface area contributed by atoms with Gasteiger partial charge in [0.15, 0.2) is 0 Å². The molecule has 1 atom stereocenters. The summed E-state index contributed by atoms with van der Waals surface area (Å²) in [5.41, 5.74) is 6.47.